The molecular formula is C15H12FN5. The number of aromatic nitrogens is 3. The van der Waals surface area contributed by atoms with Gasteiger partial charge in [-0.1, -0.05) is 0 Å². The minimum absolute atomic E-state index is 0.299. The quantitative estimate of drug-likeness (QED) is 0.801. The maximum absolute atomic E-state index is 13.7. The molecule has 0 spiro atoms. The van der Waals surface area contributed by atoms with Gasteiger partial charge in [0.2, 0.25) is 0 Å². The predicted octanol–water partition coefficient (Wildman–Crippen LogP) is 2.66. The molecule has 2 heterocycles. The number of nitriles is 1. The van der Waals surface area contributed by atoms with Crippen LogP contribution in [0.5, 0.6) is 0 Å². The molecule has 1 aromatic carbocycles. The first-order chi connectivity index (χ1) is 10.2. The first-order valence-electron chi connectivity index (χ1n) is 6.40. The van der Waals surface area contributed by atoms with Crippen molar-refractivity contribution in [2.24, 2.45) is 0 Å². The van der Waals surface area contributed by atoms with Crippen LogP contribution in [-0.4, -0.2) is 14.6 Å². The molecule has 0 amide bonds. The molecule has 6 heteroatoms. The van der Waals surface area contributed by atoms with Crippen molar-refractivity contribution < 1.29 is 4.39 Å². The first-order valence-corrected chi connectivity index (χ1v) is 6.40. The molecule has 5 nitrogen and oxygen atoms in total. The Morgan fingerprint density at radius 3 is 3.00 bits per heavy atom. The molecule has 3 aromatic rings. The Kier molecular flexibility index (Phi) is 3.24. The van der Waals surface area contributed by atoms with Crippen LogP contribution in [0.3, 0.4) is 0 Å². The topological polar surface area (TPSA) is 66.0 Å². The second-order valence-electron chi connectivity index (χ2n) is 4.71. The lowest BCUT2D eigenvalue weighted by Crippen LogP contribution is -2.04. The van der Waals surface area contributed by atoms with Crippen LogP contribution in [0.1, 0.15) is 16.8 Å². The van der Waals surface area contributed by atoms with E-state index in [1.807, 2.05) is 25.3 Å². The van der Waals surface area contributed by atoms with Crippen molar-refractivity contribution in [2.75, 3.05) is 5.32 Å². The number of rotatable bonds is 3. The summed E-state index contributed by atoms with van der Waals surface area (Å²) in [4.78, 5) is 4.29. The monoisotopic (exact) mass is 281 g/mol. The molecule has 2 aromatic heterocycles. The minimum Gasteiger partial charge on any atom is -0.378 e. The van der Waals surface area contributed by atoms with Gasteiger partial charge in [-0.25, -0.2) is 13.9 Å². The van der Waals surface area contributed by atoms with E-state index in [9.17, 15) is 4.39 Å². The second kappa shape index (κ2) is 5.21. The second-order valence-corrected chi connectivity index (χ2v) is 4.71. The highest BCUT2D eigenvalue weighted by atomic mass is 19.1. The van der Waals surface area contributed by atoms with Gasteiger partial charge < -0.3 is 5.32 Å². The molecule has 0 saturated heterocycles. The van der Waals surface area contributed by atoms with Crippen molar-refractivity contribution in [2.45, 2.75) is 13.5 Å². The summed E-state index contributed by atoms with van der Waals surface area (Å²) in [7, 11) is 0. The van der Waals surface area contributed by atoms with Crippen LogP contribution in [0.15, 0.2) is 36.7 Å². The zero-order valence-corrected chi connectivity index (χ0v) is 11.3. The molecule has 0 atom stereocenters. The van der Waals surface area contributed by atoms with Gasteiger partial charge >= 0.3 is 0 Å². The fourth-order valence-electron chi connectivity index (χ4n) is 2.05. The lowest BCUT2D eigenvalue weighted by atomic mass is 10.2. The van der Waals surface area contributed by atoms with E-state index in [0.29, 0.717) is 17.8 Å². The summed E-state index contributed by atoms with van der Waals surface area (Å²) in [6, 6.07) is 8.12. The fourth-order valence-corrected chi connectivity index (χ4v) is 2.05. The number of benzene rings is 1. The van der Waals surface area contributed by atoms with Gasteiger partial charge in [0, 0.05) is 30.6 Å². The van der Waals surface area contributed by atoms with Crippen molar-refractivity contribution in [1.29, 1.82) is 5.26 Å². The smallest absolute Gasteiger partial charge is 0.155 e. The minimum atomic E-state index is -0.446. The van der Waals surface area contributed by atoms with Crippen molar-refractivity contribution in [1.82, 2.24) is 14.6 Å². The molecule has 0 aliphatic rings. The van der Waals surface area contributed by atoms with Gasteiger partial charge in [-0.05, 0) is 25.1 Å². The Bertz CT molecular complexity index is 847. The Balaban J connectivity index is 1.78. The molecule has 104 valence electrons. The number of hydrogen-bond donors (Lipinski definition) is 1. The van der Waals surface area contributed by atoms with E-state index in [1.54, 1.807) is 22.8 Å². The number of nitrogens with one attached hydrogen (secondary N) is 1. The number of hydrogen-bond acceptors (Lipinski definition) is 4. The van der Waals surface area contributed by atoms with Gasteiger partial charge in [-0.2, -0.15) is 10.4 Å². The van der Waals surface area contributed by atoms with E-state index in [4.69, 9.17) is 5.26 Å². The molecule has 1 N–H and O–H groups in total. The van der Waals surface area contributed by atoms with Crippen LogP contribution in [-0.2, 0) is 6.54 Å². The molecule has 0 fully saturated rings. The van der Waals surface area contributed by atoms with Gasteiger partial charge in [0.1, 0.15) is 5.82 Å². The van der Waals surface area contributed by atoms with E-state index < -0.39 is 5.82 Å². The third-order valence-corrected chi connectivity index (χ3v) is 3.07. The van der Waals surface area contributed by atoms with E-state index in [-0.39, 0.29) is 0 Å². The number of fused-ring (bicyclic) bond motifs is 1. The molecule has 0 aliphatic heterocycles. The zero-order chi connectivity index (χ0) is 14.8. The van der Waals surface area contributed by atoms with E-state index in [2.05, 4.69) is 15.4 Å². The lowest BCUT2D eigenvalue weighted by molar-refractivity contribution is 0.629. The SMILES string of the molecule is Cc1cc2ncc(CNc3ccc(C#N)cc3F)cn2n1. The molecule has 0 radical (unpaired) electrons. The van der Waals surface area contributed by atoms with Gasteiger partial charge in [0.15, 0.2) is 5.65 Å². The highest BCUT2D eigenvalue weighted by molar-refractivity contribution is 5.49. The fraction of sp³-hybridized carbons (Fsp3) is 0.133. The molecule has 0 bridgehead atoms. The number of halogens is 1. The largest absolute Gasteiger partial charge is 0.378 e. The van der Waals surface area contributed by atoms with E-state index in [1.165, 1.54) is 6.07 Å². The number of nitrogens with zero attached hydrogens (tertiary/aromatic N) is 4. The first kappa shape index (κ1) is 13.1. The number of anilines is 1. The molecule has 0 saturated carbocycles. The van der Waals surface area contributed by atoms with Crippen LogP contribution >= 0.6 is 0 Å². The van der Waals surface area contributed by atoms with Gasteiger partial charge in [-0.15, -0.1) is 0 Å². The lowest BCUT2D eigenvalue weighted by Gasteiger charge is -2.07. The van der Waals surface area contributed by atoms with Crippen molar-refractivity contribution in [3.05, 3.63) is 59.3 Å². The van der Waals surface area contributed by atoms with Crippen LogP contribution in [0, 0.1) is 24.1 Å². The molecular weight excluding hydrogens is 269 g/mol. The summed E-state index contributed by atoms with van der Waals surface area (Å²) in [5.41, 5.74) is 3.21. The average Bonchev–Trinajstić information content (AvgIpc) is 2.85. The maximum Gasteiger partial charge on any atom is 0.155 e. The van der Waals surface area contributed by atoms with Crippen LogP contribution in [0.2, 0.25) is 0 Å². The maximum atomic E-state index is 13.7. The molecule has 0 unspecified atom stereocenters. The van der Waals surface area contributed by atoms with Crippen molar-refractivity contribution in [3.63, 3.8) is 0 Å². The van der Waals surface area contributed by atoms with Crippen molar-refractivity contribution >= 4 is 11.3 Å². The third-order valence-electron chi connectivity index (χ3n) is 3.07. The highest BCUT2D eigenvalue weighted by Gasteiger charge is 2.05. The summed E-state index contributed by atoms with van der Waals surface area (Å²) in [6.45, 7) is 2.32. The summed E-state index contributed by atoms with van der Waals surface area (Å²) in [5, 5.41) is 16.0. The Labute approximate surface area is 120 Å². The normalized spacial score (nSPS) is 10.5. The summed E-state index contributed by atoms with van der Waals surface area (Å²) < 4.78 is 15.4. The Morgan fingerprint density at radius 2 is 2.24 bits per heavy atom. The number of aryl methyl sites for hydroxylation is 1. The summed E-state index contributed by atoms with van der Waals surface area (Å²) >= 11 is 0. The van der Waals surface area contributed by atoms with E-state index >= 15 is 0 Å². The van der Waals surface area contributed by atoms with Crippen LogP contribution in [0.25, 0.3) is 5.65 Å². The van der Waals surface area contributed by atoms with Gasteiger partial charge in [-0.3, -0.25) is 0 Å². The predicted molar refractivity (Wildman–Crippen MR) is 76.2 cm³/mol. The summed E-state index contributed by atoms with van der Waals surface area (Å²) in [5.74, 6) is -0.446. The third kappa shape index (κ3) is 2.67. The average molecular weight is 281 g/mol. The molecule has 21 heavy (non-hydrogen) atoms. The Morgan fingerprint density at radius 1 is 1.38 bits per heavy atom. The highest BCUT2D eigenvalue weighted by Crippen LogP contribution is 2.16. The van der Waals surface area contributed by atoms with Crippen molar-refractivity contribution in [3.8, 4) is 6.07 Å². The van der Waals surface area contributed by atoms with Gasteiger partial charge in [0.05, 0.1) is 23.0 Å². The standard InChI is InChI=1S/C15H12FN5/c1-10-4-15-19-8-12(9-21(15)20-10)7-18-14-3-2-11(6-17)5-13(14)16/h2-5,8-9,18H,7H2,1H3. The Hall–Kier alpha value is -2.94. The van der Waals surface area contributed by atoms with E-state index in [0.717, 1.165) is 16.9 Å². The molecule has 0 aliphatic carbocycles. The summed E-state index contributed by atoms with van der Waals surface area (Å²) in [6.07, 6.45) is 3.58. The van der Waals surface area contributed by atoms with Crippen LogP contribution < -0.4 is 5.32 Å². The van der Waals surface area contributed by atoms with Gasteiger partial charge in [0.25, 0.3) is 0 Å². The van der Waals surface area contributed by atoms with Crippen LogP contribution in [0.4, 0.5) is 10.1 Å². The molecule has 3 rings (SSSR count). The zero-order valence-electron chi connectivity index (χ0n) is 11.3.